The van der Waals surface area contributed by atoms with E-state index < -0.39 is 29.8 Å². The molecule has 2 atom stereocenters. The van der Waals surface area contributed by atoms with Crippen LogP contribution in [0.2, 0.25) is 0 Å². The fourth-order valence-electron chi connectivity index (χ4n) is 2.32. The van der Waals surface area contributed by atoms with E-state index in [9.17, 15) is 9.59 Å². The van der Waals surface area contributed by atoms with Crippen molar-refractivity contribution in [1.82, 2.24) is 14.8 Å². The van der Waals surface area contributed by atoms with Crippen molar-refractivity contribution in [2.75, 3.05) is 40.9 Å². The molecule has 9 heteroatoms. The largest absolute Gasteiger partial charge is 0.464 e. The zero-order valence-corrected chi connectivity index (χ0v) is 19.0. The average molecular weight is 416 g/mol. The van der Waals surface area contributed by atoms with Crippen LogP contribution in [-0.2, 0) is 19.0 Å². The molecule has 0 bridgehead atoms. The summed E-state index contributed by atoms with van der Waals surface area (Å²) in [5.74, 6) is -0.557. The topological polar surface area (TPSA) is 81.2 Å². The molecule has 0 aliphatic carbocycles. The summed E-state index contributed by atoms with van der Waals surface area (Å²) < 4.78 is 16.7. The van der Waals surface area contributed by atoms with Gasteiger partial charge in [-0.2, -0.15) is 0 Å². The van der Waals surface area contributed by atoms with Crippen LogP contribution >= 0.6 is 11.3 Å². The summed E-state index contributed by atoms with van der Waals surface area (Å²) in [6.07, 6.45) is -1.38. The van der Waals surface area contributed by atoms with Crippen LogP contribution in [0.4, 0.5) is 4.79 Å². The van der Waals surface area contributed by atoms with Gasteiger partial charge in [0.25, 0.3) is 0 Å². The number of nitrogens with zero attached hydrogens (tertiary/aromatic N) is 3. The molecule has 0 aliphatic rings. The van der Waals surface area contributed by atoms with Gasteiger partial charge in [-0.25, -0.2) is 14.6 Å². The molecule has 160 valence electrons. The fraction of sp³-hybridized carbons (Fsp3) is 0.737. The summed E-state index contributed by atoms with van der Waals surface area (Å²) >= 11 is 1.39. The van der Waals surface area contributed by atoms with Gasteiger partial charge in [0.05, 0.1) is 13.2 Å². The van der Waals surface area contributed by atoms with Crippen LogP contribution in [0, 0.1) is 6.92 Å². The number of ether oxygens (including phenoxy) is 3. The van der Waals surface area contributed by atoms with Gasteiger partial charge in [-0.1, -0.05) is 0 Å². The van der Waals surface area contributed by atoms with Crippen LogP contribution in [0.15, 0.2) is 5.38 Å². The number of aryl methyl sites for hydroxylation is 1. The first kappa shape index (κ1) is 24.3. The first-order valence-corrected chi connectivity index (χ1v) is 10.1. The predicted octanol–water partition coefficient (Wildman–Crippen LogP) is 2.87. The van der Waals surface area contributed by atoms with E-state index in [-0.39, 0.29) is 6.61 Å². The van der Waals surface area contributed by atoms with E-state index in [1.165, 1.54) is 23.3 Å². The number of likely N-dealkylation sites (N-methyl/N-ethyl adjacent to an activating group) is 2. The normalized spacial score (nSPS) is 13.9. The lowest BCUT2D eigenvalue weighted by molar-refractivity contribution is -0.155. The van der Waals surface area contributed by atoms with Gasteiger partial charge in [0, 0.05) is 24.7 Å². The quantitative estimate of drug-likeness (QED) is 0.574. The molecule has 1 rings (SSSR count). The lowest BCUT2D eigenvalue weighted by Gasteiger charge is -2.33. The van der Waals surface area contributed by atoms with E-state index in [0.29, 0.717) is 18.2 Å². The van der Waals surface area contributed by atoms with Crippen LogP contribution in [0.3, 0.4) is 0 Å². The maximum absolute atomic E-state index is 12.8. The summed E-state index contributed by atoms with van der Waals surface area (Å²) in [6, 6.07) is -1.01. The van der Waals surface area contributed by atoms with E-state index in [1.807, 2.05) is 31.3 Å². The van der Waals surface area contributed by atoms with Crippen LogP contribution in [0.25, 0.3) is 0 Å². The molecule has 0 radical (unpaired) electrons. The number of carbonyl (C=O) groups excluding carboxylic acids is 2. The Morgan fingerprint density at radius 1 is 1.25 bits per heavy atom. The van der Waals surface area contributed by atoms with Gasteiger partial charge in [0.1, 0.15) is 16.7 Å². The number of carbonyl (C=O) groups is 2. The van der Waals surface area contributed by atoms with Crippen LogP contribution in [-0.4, -0.2) is 79.4 Å². The van der Waals surface area contributed by atoms with Crippen molar-refractivity contribution in [2.24, 2.45) is 0 Å². The minimum atomic E-state index is -1.01. The minimum absolute atomic E-state index is 0.193. The summed E-state index contributed by atoms with van der Waals surface area (Å²) in [7, 11) is 5.38. The second-order valence-electron chi connectivity index (χ2n) is 7.71. The van der Waals surface area contributed by atoms with E-state index in [2.05, 4.69) is 4.98 Å². The Morgan fingerprint density at radius 3 is 2.36 bits per heavy atom. The molecule has 0 unspecified atom stereocenters. The van der Waals surface area contributed by atoms with Gasteiger partial charge in [-0.3, -0.25) is 4.90 Å². The lowest BCUT2D eigenvalue weighted by Crippen LogP contribution is -2.49. The molecule has 0 N–H and O–H groups in total. The van der Waals surface area contributed by atoms with E-state index >= 15 is 0 Å². The molecule has 1 aromatic heterocycles. The number of hydrogen-bond acceptors (Lipinski definition) is 8. The SMILES string of the molecule is CCOC(=O)[C@H]([C@H](OCCN(C)C)c1nc(C)cs1)N(C)C(=O)OC(C)(C)C. The number of aromatic nitrogens is 1. The van der Waals surface area contributed by atoms with Crippen LogP contribution in [0.5, 0.6) is 0 Å². The molecular weight excluding hydrogens is 382 g/mol. The summed E-state index contributed by atoms with van der Waals surface area (Å²) in [5, 5.41) is 2.50. The molecule has 0 aromatic carbocycles. The molecule has 1 aromatic rings. The zero-order chi connectivity index (χ0) is 21.5. The summed E-state index contributed by atoms with van der Waals surface area (Å²) in [5.41, 5.74) is 0.132. The van der Waals surface area contributed by atoms with Gasteiger partial charge in [0.15, 0.2) is 6.04 Å². The third kappa shape index (κ3) is 7.73. The average Bonchev–Trinajstić information content (AvgIpc) is 2.98. The number of thiazole rings is 1. The Bertz CT molecular complexity index is 642. The monoisotopic (exact) mass is 415 g/mol. The number of hydrogen-bond donors (Lipinski definition) is 0. The number of esters is 1. The standard InChI is InChI=1S/C19H33N3O5S/c1-9-25-17(23)14(22(8)18(24)27-19(3,4)5)15(26-11-10-21(6)7)16-20-13(2)12-28-16/h12,14-15H,9-11H2,1-8H3/t14-,15-/m0/s1. The first-order chi connectivity index (χ1) is 13.0. The van der Waals surface area contributed by atoms with Gasteiger partial charge >= 0.3 is 12.1 Å². The number of amides is 1. The van der Waals surface area contributed by atoms with E-state index in [1.54, 1.807) is 27.7 Å². The van der Waals surface area contributed by atoms with Gasteiger partial charge < -0.3 is 19.1 Å². The van der Waals surface area contributed by atoms with Crippen LogP contribution < -0.4 is 0 Å². The Labute approximate surface area is 171 Å². The number of rotatable bonds is 9. The highest BCUT2D eigenvalue weighted by molar-refractivity contribution is 7.09. The Hall–Kier alpha value is -1.71. The van der Waals surface area contributed by atoms with Crippen molar-refractivity contribution in [3.05, 3.63) is 16.1 Å². The van der Waals surface area contributed by atoms with Crippen molar-refractivity contribution in [3.8, 4) is 0 Å². The fourth-order valence-corrected chi connectivity index (χ4v) is 3.19. The molecule has 1 amide bonds. The highest BCUT2D eigenvalue weighted by atomic mass is 32.1. The van der Waals surface area contributed by atoms with E-state index in [4.69, 9.17) is 14.2 Å². The molecule has 0 saturated heterocycles. The maximum Gasteiger partial charge on any atom is 0.410 e. The third-order valence-electron chi connectivity index (χ3n) is 3.63. The summed E-state index contributed by atoms with van der Waals surface area (Å²) in [6.45, 7) is 10.1. The second-order valence-corrected chi connectivity index (χ2v) is 8.60. The zero-order valence-electron chi connectivity index (χ0n) is 18.1. The van der Waals surface area contributed by atoms with Crippen LogP contribution in [0.1, 0.15) is 44.5 Å². The van der Waals surface area contributed by atoms with Gasteiger partial charge in [0.2, 0.25) is 0 Å². The van der Waals surface area contributed by atoms with Crippen molar-refractivity contribution in [2.45, 2.75) is 52.4 Å². The Kier molecular flexibility index (Phi) is 9.32. The molecule has 0 fully saturated rings. The second kappa shape index (κ2) is 10.7. The molecule has 0 aliphatic heterocycles. The highest BCUT2D eigenvalue weighted by Crippen LogP contribution is 2.29. The maximum atomic E-state index is 12.8. The molecule has 8 nitrogen and oxygen atoms in total. The highest BCUT2D eigenvalue weighted by Gasteiger charge is 2.40. The molecule has 0 spiro atoms. The van der Waals surface area contributed by atoms with Gasteiger partial charge in [-0.05, 0) is 48.7 Å². The van der Waals surface area contributed by atoms with Crippen molar-refractivity contribution >= 4 is 23.4 Å². The lowest BCUT2D eigenvalue weighted by atomic mass is 10.1. The molecule has 1 heterocycles. The molecular formula is C19H33N3O5S. The summed E-state index contributed by atoms with van der Waals surface area (Å²) in [4.78, 5) is 33.1. The molecule has 28 heavy (non-hydrogen) atoms. The smallest absolute Gasteiger partial charge is 0.410 e. The van der Waals surface area contributed by atoms with Crippen molar-refractivity contribution < 1.29 is 23.8 Å². The van der Waals surface area contributed by atoms with Crippen molar-refractivity contribution in [1.29, 1.82) is 0 Å². The van der Waals surface area contributed by atoms with Gasteiger partial charge in [-0.15, -0.1) is 11.3 Å². The van der Waals surface area contributed by atoms with E-state index in [0.717, 1.165) is 5.69 Å². The Balaban J connectivity index is 3.21. The first-order valence-electron chi connectivity index (χ1n) is 9.27. The minimum Gasteiger partial charge on any atom is -0.464 e. The molecule has 0 saturated carbocycles. The third-order valence-corrected chi connectivity index (χ3v) is 4.65. The van der Waals surface area contributed by atoms with Crippen molar-refractivity contribution in [3.63, 3.8) is 0 Å². The predicted molar refractivity (Wildman–Crippen MR) is 109 cm³/mol. The Morgan fingerprint density at radius 2 is 1.89 bits per heavy atom.